The van der Waals surface area contributed by atoms with Crippen molar-refractivity contribution in [3.8, 4) is 0 Å². The normalized spacial score (nSPS) is 31.5. The molecule has 3 atom stereocenters. The van der Waals surface area contributed by atoms with Gasteiger partial charge in [0.2, 0.25) is 11.8 Å². The van der Waals surface area contributed by atoms with Crippen LogP contribution < -0.4 is 5.32 Å². The summed E-state index contributed by atoms with van der Waals surface area (Å²) in [6, 6.07) is -0.0325. The van der Waals surface area contributed by atoms with E-state index in [2.05, 4.69) is 19.2 Å². The zero-order valence-corrected chi connectivity index (χ0v) is 13.9. The molecule has 2 amide bonds. The second-order valence-electron chi connectivity index (χ2n) is 7.33. The maximum absolute atomic E-state index is 12.9. The van der Waals surface area contributed by atoms with Crippen molar-refractivity contribution in [1.82, 2.24) is 10.2 Å². The Labute approximate surface area is 128 Å². The van der Waals surface area contributed by atoms with Crippen molar-refractivity contribution in [3.05, 3.63) is 0 Å². The summed E-state index contributed by atoms with van der Waals surface area (Å²) in [6.45, 7) is 9.12. The predicted molar refractivity (Wildman–Crippen MR) is 83.7 cm³/mol. The van der Waals surface area contributed by atoms with Crippen LogP contribution in [0.4, 0.5) is 0 Å². The van der Waals surface area contributed by atoms with E-state index in [9.17, 15) is 9.59 Å². The second kappa shape index (κ2) is 6.80. The van der Waals surface area contributed by atoms with Crippen LogP contribution in [0.15, 0.2) is 0 Å². The average molecular weight is 294 g/mol. The molecule has 0 radical (unpaired) electrons. The van der Waals surface area contributed by atoms with Crippen LogP contribution in [0.2, 0.25) is 0 Å². The maximum Gasteiger partial charge on any atom is 0.245 e. The standard InChI is InChI=1S/C17H30N2O2/c1-11(2)13-7-5-6-8-14(13)19-10-9-15(20)18-16(12(3)4)17(19)21/h11-14,16H,5-10H2,1-4H3,(H,18,20). The first-order valence-electron chi connectivity index (χ1n) is 8.51. The quantitative estimate of drug-likeness (QED) is 0.869. The van der Waals surface area contributed by atoms with Gasteiger partial charge < -0.3 is 10.2 Å². The van der Waals surface area contributed by atoms with Crippen molar-refractivity contribution in [1.29, 1.82) is 0 Å². The van der Waals surface area contributed by atoms with Crippen molar-refractivity contribution >= 4 is 11.8 Å². The Morgan fingerprint density at radius 3 is 2.33 bits per heavy atom. The molecule has 0 bridgehead atoms. The first-order chi connectivity index (χ1) is 9.91. The lowest BCUT2D eigenvalue weighted by molar-refractivity contribution is -0.139. The summed E-state index contributed by atoms with van der Waals surface area (Å²) in [4.78, 5) is 26.8. The fourth-order valence-corrected chi connectivity index (χ4v) is 3.90. The van der Waals surface area contributed by atoms with E-state index in [1.807, 2.05) is 18.7 Å². The Hall–Kier alpha value is -1.06. The zero-order valence-electron chi connectivity index (χ0n) is 13.9. The first kappa shape index (κ1) is 16.3. The van der Waals surface area contributed by atoms with Crippen LogP contribution in [0.1, 0.15) is 59.8 Å². The van der Waals surface area contributed by atoms with Crippen LogP contribution in [0.3, 0.4) is 0 Å². The van der Waals surface area contributed by atoms with E-state index in [1.54, 1.807) is 0 Å². The van der Waals surface area contributed by atoms with Gasteiger partial charge in [-0.1, -0.05) is 40.5 Å². The molecule has 2 aliphatic rings. The van der Waals surface area contributed by atoms with Crippen LogP contribution in [0.5, 0.6) is 0 Å². The Kier molecular flexibility index (Phi) is 5.28. The molecule has 2 rings (SSSR count). The molecule has 4 heteroatoms. The molecule has 0 aromatic rings. The molecule has 0 aromatic carbocycles. The maximum atomic E-state index is 12.9. The smallest absolute Gasteiger partial charge is 0.245 e. The van der Waals surface area contributed by atoms with E-state index >= 15 is 0 Å². The summed E-state index contributed by atoms with van der Waals surface area (Å²) in [6.07, 6.45) is 5.21. The van der Waals surface area contributed by atoms with Gasteiger partial charge in [-0.05, 0) is 30.6 Å². The molecule has 1 aliphatic heterocycles. The van der Waals surface area contributed by atoms with E-state index < -0.39 is 0 Å². The predicted octanol–water partition coefficient (Wildman–Crippen LogP) is 2.57. The van der Waals surface area contributed by atoms with E-state index in [-0.39, 0.29) is 23.8 Å². The largest absolute Gasteiger partial charge is 0.344 e. The molecule has 2 fully saturated rings. The third-order valence-electron chi connectivity index (χ3n) is 5.15. The average Bonchev–Trinajstić information content (AvgIpc) is 2.58. The third-order valence-corrected chi connectivity index (χ3v) is 5.15. The number of hydrogen-bond acceptors (Lipinski definition) is 2. The fourth-order valence-electron chi connectivity index (χ4n) is 3.90. The van der Waals surface area contributed by atoms with E-state index in [4.69, 9.17) is 0 Å². The number of amides is 2. The molecule has 1 saturated carbocycles. The van der Waals surface area contributed by atoms with Gasteiger partial charge in [-0.25, -0.2) is 0 Å². The van der Waals surface area contributed by atoms with Crippen LogP contribution >= 0.6 is 0 Å². The van der Waals surface area contributed by atoms with Crippen LogP contribution in [-0.4, -0.2) is 35.3 Å². The number of nitrogens with zero attached hydrogens (tertiary/aromatic N) is 1. The monoisotopic (exact) mass is 294 g/mol. The third kappa shape index (κ3) is 3.58. The number of carbonyl (C=O) groups excluding carboxylic acids is 2. The van der Waals surface area contributed by atoms with Gasteiger partial charge in [0, 0.05) is 19.0 Å². The molecule has 0 aromatic heterocycles. The van der Waals surface area contributed by atoms with Gasteiger partial charge in [0.25, 0.3) is 0 Å². The molecule has 1 aliphatic carbocycles. The molecule has 1 saturated heterocycles. The van der Waals surface area contributed by atoms with E-state index in [1.165, 1.54) is 19.3 Å². The summed E-state index contributed by atoms with van der Waals surface area (Å²) >= 11 is 0. The highest BCUT2D eigenvalue weighted by atomic mass is 16.2. The summed E-state index contributed by atoms with van der Waals surface area (Å²) < 4.78 is 0. The minimum Gasteiger partial charge on any atom is -0.344 e. The van der Waals surface area contributed by atoms with E-state index in [0.717, 1.165) is 6.42 Å². The van der Waals surface area contributed by atoms with Crippen molar-refractivity contribution in [2.45, 2.75) is 71.9 Å². The summed E-state index contributed by atoms with van der Waals surface area (Å²) in [5.74, 6) is 1.45. The van der Waals surface area contributed by atoms with Crippen molar-refractivity contribution in [3.63, 3.8) is 0 Å². The van der Waals surface area contributed by atoms with Gasteiger partial charge in [-0.15, -0.1) is 0 Å². The Balaban J connectivity index is 2.22. The summed E-state index contributed by atoms with van der Waals surface area (Å²) in [5, 5.41) is 2.91. The van der Waals surface area contributed by atoms with Crippen molar-refractivity contribution in [2.24, 2.45) is 17.8 Å². The molecular weight excluding hydrogens is 264 g/mol. The Morgan fingerprint density at radius 1 is 1.05 bits per heavy atom. The van der Waals surface area contributed by atoms with Crippen molar-refractivity contribution < 1.29 is 9.59 Å². The lowest BCUT2D eigenvalue weighted by Gasteiger charge is -2.42. The lowest BCUT2D eigenvalue weighted by atomic mass is 9.76. The molecule has 4 nitrogen and oxygen atoms in total. The number of carbonyl (C=O) groups is 2. The van der Waals surface area contributed by atoms with Gasteiger partial charge in [-0.3, -0.25) is 9.59 Å². The SMILES string of the molecule is CC(C)C1NC(=O)CCN(C2CCCCC2C(C)C)C1=O. The van der Waals surface area contributed by atoms with Gasteiger partial charge in [0.05, 0.1) is 0 Å². The lowest BCUT2D eigenvalue weighted by Crippen LogP contribution is -2.53. The molecule has 3 unspecified atom stereocenters. The number of hydrogen-bond donors (Lipinski definition) is 1. The van der Waals surface area contributed by atoms with Gasteiger partial charge in [0.1, 0.15) is 6.04 Å². The number of nitrogens with one attached hydrogen (secondary N) is 1. The second-order valence-corrected chi connectivity index (χ2v) is 7.33. The van der Waals surface area contributed by atoms with Gasteiger partial charge >= 0.3 is 0 Å². The molecule has 0 spiro atoms. The highest BCUT2D eigenvalue weighted by Gasteiger charge is 2.39. The summed E-state index contributed by atoms with van der Waals surface area (Å²) in [7, 11) is 0. The van der Waals surface area contributed by atoms with Gasteiger partial charge in [0.15, 0.2) is 0 Å². The molecular formula is C17H30N2O2. The Morgan fingerprint density at radius 2 is 1.71 bits per heavy atom. The summed E-state index contributed by atoms with van der Waals surface area (Å²) in [5.41, 5.74) is 0. The van der Waals surface area contributed by atoms with Crippen LogP contribution in [0, 0.1) is 17.8 Å². The first-order valence-corrected chi connectivity index (χ1v) is 8.51. The van der Waals surface area contributed by atoms with Crippen LogP contribution in [-0.2, 0) is 9.59 Å². The van der Waals surface area contributed by atoms with Crippen molar-refractivity contribution in [2.75, 3.05) is 6.54 Å². The highest BCUT2D eigenvalue weighted by molar-refractivity contribution is 5.90. The van der Waals surface area contributed by atoms with Crippen LogP contribution in [0.25, 0.3) is 0 Å². The minimum absolute atomic E-state index is 0.0152. The Bertz CT molecular complexity index is 392. The minimum atomic E-state index is -0.352. The molecule has 21 heavy (non-hydrogen) atoms. The van der Waals surface area contributed by atoms with Gasteiger partial charge in [-0.2, -0.15) is 0 Å². The van der Waals surface area contributed by atoms with E-state index in [0.29, 0.717) is 30.8 Å². The zero-order chi connectivity index (χ0) is 15.6. The molecule has 120 valence electrons. The number of rotatable bonds is 3. The molecule has 1 heterocycles. The molecule has 1 N–H and O–H groups in total. The fraction of sp³-hybridized carbons (Fsp3) is 0.882. The topological polar surface area (TPSA) is 49.4 Å². The highest BCUT2D eigenvalue weighted by Crippen LogP contribution is 2.34.